The first-order chi connectivity index (χ1) is 7.91. The van der Waals surface area contributed by atoms with Gasteiger partial charge in [0, 0.05) is 23.2 Å². The number of benzene rings is 1. The Kier molecular flexibility index (Phi) is 2.75. The summed E-state index contributed by atoms with van der Waals surface area (Å²) < 4.78 is 0. The van der Waals surface area contributed by atoms with Crippen molar-refractivity contribution in [3.8, 4) is 0 Å². The molecule has 0 radical (unpaired) electrons. The van der Waals surface area contributed by atoms with Crippen molar-refractivity contribution in [3.05, 3.63) is 44.1 Å². The zero-order chi connectivity index (χ0) is 12.7. The average molecular weight is 251 g/mol. The number of pyridine rings is 1. The monoisotopic (exact) mass is 250 g/mol. The second kappa shape index (κ2) is 3.96. The SMILES string of the molecule is Cc1nc2c(C)cc([N+](=O)[O-])cc2c(Cl)c1C. The van der Waals surface area contributed by atoms with E-state index in [0.29, 0.717) is 10.4 Å². The van der Waals surface area contributed by atoms with Crippen molar-refractivity contribution in [2.45, 2.75) is 20.8 Å². The smallest absolute Gasteiger partial charge is 0.258 e. The van der Waals surface area contributed by atoms with Gasteiger partial charge in [-0.2, -0.15) is 0 Å². The van der Waals surface area contributed by atoms with Gasteiger partial charge in [-0.1, -0.05) is 11.6 Å². The Morgan fingerprint density at radius 2 is 1.94 bits per heavy atom. The first-order valence-corrected chi connectivity index (χ1v) is 5.51. The Balaban J connectivity index is 2.92. The van der Waals surface area contributed by atoms with Crippen LogP contribution in [0.2, 0.25) is 5.02 Å². The van der Waals surface area contributed by atoms with Crippen LogP contribution in [0.3, 0.4) is 0 Å². The maximum atomic E-state index is 10.8. The van der Waals surface area contributed by atoms with Gasteiger partial charge in [-0.3, -0.25) is 15.1 Å². The van der Waals surface area contributed by atoms with E-state index in [-0.39, 0.29) is 5.69 Å². The second-order valence-electron chi connectivity index (χ2n) is 4.05. The van der Waals surface area contributed by atoms with E-state index >= 15 is 0 Å². The van der Waals surface area contributed by atoms with Crippen LogP contribution in [0.15, 0.2) is 12.1 Å². The molecule has 0 spiro atoms. The molecule has 0 fully saturated rings. The molecule has 0 aliphatic carbocycles. The zero-order valence-corrected chi connectivity index (χ0v) is 10.5. The molecule has 0 saturated heterocycles. The Morgan fingerprint density at radius 3 is 2.53 bits per heavy atom. The zero-order valence-electron chi connectivity index (χ0n) is 9.74. The fourth-order valence-corrected chi connectivity index (χ4v) is 2.07. The highest BCUT2D eigenvalue weighted by Gasteiger charge is 2.14. The van der Waals surface area contributed by atoms with Gasteiger partial charge in [0.05, 0.1) is 15.5 Å². The Hall–Kier alpha value is -1.68. The van der Waals surface area contributed by atoms with E-state index in [4.69, 9.17) is 11.6 Å². The molecule has 4 nitrogen and oxygen atoms in total. The highest BCUT2D eigenvalue weighted by molar-refractivity contribution is 6.36. The highest BCUT2D eigenvalue weighted by atomic mass is 35.5. The number of non-ortho nitro benzene ring substituents is 1. The van der Waals surface area contributed by atoms with Crippen molar-refractivity contribution in [2.24, 2.45) is 0 Å². The number of nitrogens with zero attached hydrogens (tertiary/aromatic N) is 2. The van der Waals surface area contributed by atoms with Crippen LogP contribution in [0.1, 0.15) is 16.8 Å². The molecule has 0 N–H and O–H groups in total. The molecule has 0 amide bonds. The summed E-state index contributed by atoms with van der Waals surface area (Å²) in [4.78, 5) is 14.8. The van der Waals surface area contributed by atoms with Crippen LogP contribution in [0.5, 0.6) is 0 Å². The second-order valence-corrected chi connectivity index (χ2v) is 4.43. The number of halogens is 1. The Labute approximate surface area is 103 Å². The minimum atomic E-state index is -0.419. The standard InChI is InChI=1S/C12H11ClN2O2/c1-6-4-9(15(16)17)5-10-11(13)7(2)8(3)14-12(6)10/h4-5H,1-3H3. The number of aromatic nitrogens is 1. The lowest BCUT2D eigenvalue weighted by Gasteiger charge is -2.08. The third-order valence-electron chi connectivity index (χ3n) is 2.88. The Bertz CT molecular complexity index is 638. The maximum absolute atomic E-state index is 10.8. The van der Waals surface area contributed by atoms with Crippen molar-refractivity contribution in [1.82, 2.24) is 4.98 Å². The first kappa shape index (κ1) is 11.8. The van der Waals surface area contributed by atoms with Crippen molar-refractivity contribution in [2.75, 3.05) is 0 Å². The van der Waals surface area contributed by atoms with Crippen LogP contribution in [0.4, 0.5) is 5.69 Å². The number of nitro groups is 1. The molecular weight excluding hydrogens is 240 g/mol. The topological polar surface area (TPSA) is 56.0 Å². The molecule has 0 unspecified atom stereocenters. The van der Waals surface area contributed by atoms with E-state index < -0.39 is 4.92 Å². The van der Waals surface area contributed by atoms with Gasteiger partial charge in [0.1, 0.15) is 0 Å². The van der Waals surface area contributed by atoms with Gasteiger partial charge >= 0.3 is 0 Å². The molecule has 0 atom stereocenters. The van der Waals surface area contributed by atoms with E-state index in [0.717, 1.165) is 22.3 Å². The predicted molar refractivity (Wildman–Crippen MR) is 67.6 cm³/mol. The fourth-order valence-electron chi connectivity index (χ4n) is 1.79. The minimum absolute atomic E-state index is 0.0435. The molecule has 0 bridgehead atoms. The van der Waals surface area contributed by atoms with Crippen LogP contribution < -0.4 is 0 Å². The van der Waals surface area contributed by atoms with Gasteiger partial charge < -0.3 is 0 Å². The summed E-state index contributed by atoms with van der Waals surface area (Å²) in [5.41, 5.74) is 3.24. The van der Waals surface area contributed by atoms with E-state index in [1.165, 1.54) is 12.1 Å². The van der Waals surface area contributed by atoms with Gasteiger partial charge in [0.15, 0.2) is 0 Å². The van der Waals surface area contributed by atoms with E-state index in [2.05, 4.69) is 4.98 Å². The van der Waals surface area contributed by atoms with Crippen molar-refractivity contribution >= 4 is 28.2 Å². The summed E-state index contributed by atoms with van der Waals surface area (Å²) in [5.74, 6) is 0. The van der Waals surface area contributed by atoms with Gasteiger partial charge in [0.2, 0.25) is 0 Å². The third-order valence-corrected chi connectivity index (χ3v) is 3.37. The molecule has 1 aromatic carbocycles. The van der Waals surface area contributed by atoms with E-state index in [1.54, 1.807) is 6.92 Å². The van der Waals surface area contributed by atoms with Gasteiger partial charge in [0.25, 0.3) is 5.69 Å². The average Bonchev–Trinajstić information content (AvgIpc) is 2.27. The minimum Gasteiger partial charge on any atom is -0.258 e. The normalized spacial score (nSPS) is 10.8. The summed E-state index contributed by atoms with van der Waals surface area (Å²) in [6.07, 6.45) is 0. The maximum Gasteiger partial charge on any atom is 0.270 e. The fraction of sp³-hybridized carbons (Fsp3) is 0.250. The summed E-state index contributed by atoms with van der Waals surface area (Å²) in [7, 11) is 0. The van der Waals surface area contributed by atoms with Gasteiger partial charge in [-0.25, -0.2) is 0 Å². The van der Waals surface area contributed by atoms with E-state index in [1.807, 2.05) is 13.8 Å². The van der Waals surface area contributed by atoms with Gasteiger partial charge in [-0.15, -0.1) is 0 Å². The van der Waals surface area contributed by atoms with Crippen molar-refractivity contribution < 1.29 is 4.92 Å². The lowest BCUT2D eigenvalue weighted by atomic mass is 10.1. The number of fused-ring (bicyclic) bond motifs is 1. The predicted octanol–water partition coefficient (Wildman–Crippen LogP) is 3.72. The molecule has 0 aliphatic rings. The lowest BCUT2D eigenvalue weighted by Crippen LogP contribution is -1.95. The Morgan fingerprint density at radius 1 is 1.29 bits per heavy atom. The largest absolute Gasteiger partial charge is 0.270 e. The van der Waals surface area contributed by atoms with Crippen LogP contribution in [0.25, 0.3) is 10.9 Å². The molecule has 2 rings (SSSR count). The molecule has 0 saturated carbocycles. The lowest BCUT2D eigenvalue weighted by molar-refractivity contribution is -0.384. The van der Waals surface area contributed by atoms with Crippen LogP contribution in [0, 0.1) is 30.9 Å². The van der Waals surface area contributed by atoms with Crippen LogP contribution >= 0.6 is 11.6 Å². The summed E-state index contributed by atoms with van der Waals surface area (Å²) in [6, 6.07) is 2.99. The number of rotatable bonds is 1. The number of hydrogen-bond acceptors (Lipinski definition) is 3. The molecule has 2 aromatic rings. The van der Waals surface area contributed by atoms with Crippen LogP contribution in [-0.2, 0) is 0 Å². The molecule has 88 valence electrons. The summed E-state index contributed by atoms with van der Waals surface area (Å²) >= 11 is 6.22. The number of nitro benzene ring substituents is 1. The van der Waals surface area contributed by atoms with E-state index in [9.17, 15) is 10.1 Å². The summed E-state index contributed by atoms with van der Waals surface area (Å²) in [5, 5.41) is 12.0. The highest BCUT2D eigenvalue weighted by Crippen LogP contribution is 2.32. The number of aryl methyl sites for hydroxylation is 2. The van der Waals surface area contributed by atoms with Crippen LogP contribution in [-0.4, -0.2) is 9.91 Å². The van der Waals surface area contributed by atoms with Crippen molar-refractivity contribution in [3.63, 3.8) is 0 Å². The first-order valence-electron chi connectivity index (χ1n) is 5.13. The van der Waals surface area contributed by atoms with Crippen molar-refractivity contribution in [1.29, 1.82) is 0 Å². The summed E-state index contributed by atoms with van der Waals surface area (Å²) in [6.45, 7) is 5.53. The molecule has 1 heterocycles. The number of hydrogen-bond donors (Lipinski definition) is 0. The molecule has 1 aromatic heterocycles. The quantitative estimate of drug-likeness (QED) is 0.572. The van der Waals surface area contributed by atoms with Gasteiger partial charge in [-0.05, 0) is 31.9 Å². The third kappa shape index (κ3) is 1.85. The molecule has 0 aliphatic heterocycles. The molecule has 17 heavy (non-hydrogen) atoms. The molecule has 5 heteroatoms. The molecular formula is C12H11ClN2O2.